The van der Waals surface area contributed by atoms with Crippen LogP contribution in [-0.4, -0.2) is 68.6 Å². The number of benzene rings is 1. The number of halogens is 1. The summed E-state index contributed by atoms with van der Waals surface area (Å²) in [6.07, 6.45) is 1.14. The molecule has 1 aliphatic rings. The van der Waals surface area contributed by atoms with Crippen molar-refractivity contribution in [3.8, 4) is 0 Å². The van der Waals surface area contributed by atoms with Gasteiger partial charge in [0.2, 0.25) is 11.9 Å². The zero-order chi connectivity index (χ0) is 27.4. The number of hydrogen-bond acceptors (Lipinski definition) is 9. The molecule has 0 atom stereocenters. The van der Waals surface area contributed by atoms with Gasteiger partial charge in [0.15, 0.2) is 0 Å². The van der Waals surface area contributed by atoms with Crippen LogP contribution < -0.4 is 15.5 Å². The van der Waals surface area contributed by atoms with Gasteiger partial charge in [0, 0.05) is 32.4 Å². The van der Waals surface area contributed by atoms with E-state index in [1.807, 2.05) is 44.7 Å². The van der Waals surface area contributed by atoms with Gasteiger partial charge in [0.1, 0.15) is 17.2 Å². The first-order chi connectivity index (χ1) is 18.0. The zero-order valence-corrected chi connectivity index (χ0v) is 22.8. The summed E-state index contributed by atoms with van der Waals surface area (Å²) in [5, 5.41) is 6.38. The number of para-hydroxylation sites is 1. The largest absolute Gasteiger partial charge is 0.444 e. The van der Waals surface area contributed by atoms with Gasteiger partial charge in [-0.25, -0.2) is 9.78 Å². The van der Waals surface area contributed by atoms with Crippen molar-refractivity contribution >= 4 is 47.0 Å². The summed E-state index contributed by atoms with van der Waals surface area (Å²) in [6.45, 7) is 11.3. The third-order valence-corrected chi connectivity index (χ3v) is 5.99. The first-order valence-corrected chi connectivity index (χ1v) is 12.6. The van der Waals surface area contributed by atoms with E-state index in [9.17, 15) is 9.59 Å². The summed E-state index contributed by atoms with van der Waals surface area (Å²) in [4.78, 5) is 46.4. The fourth-order valence-corrected chi connectivity index (χ4v) is 4.04. The van der Waals surface area contributed by atoms with Crippen molar-refractivity contribution in [2.45, 2.75) is 40.2 Å². The Labute approximate surface area is 226 Å². The first kappa shape index (κ1) is 27.1. The molecule has 1 aromatic carbocycles. The Balaban J connectivity index is 1.39. The van der Waals surface area contributed by atoms with Crippen LogP contribution in [0.25, 0.3) is 0 Å². The van der Waals surface area contributed by atoms with Crippen molar-refractivity contribution in [1.82, 2.24) is 24.8 Å². The fraction of sp³-hybridized carbons (Fsp3) is 0.385. The maximum absolute atomic E-state index is 12.7. The second-order valence-corrected chi connectivity index (χ2v) is 10.3. The molecule has 38 heavy (non-hydrogen) atoms. The molecule has 0 radical (unpaired) electrons. The molecule has 1 aliphatic heterocycles. The molecule has 11 nitrogen and oxygen atoms in total. The maximum atomic E-state index is 12.7. The topological polar surface area (TPSA) is 125 Å². The molecule has 2 N–H and O–H groups in total. The Morgan fingerprint density at radius 2 is 1.74 bits per heavy atom. The highest BCUT2D eigenvalue weighted by molar-refractivity contribution is 6.34. The van der Waals surface area contributed by atoms with Crippen LogP contribution >= 0.6 is 11.6 Å². The minimum atomic E-state index is -0.537. The smallest absolute Gasteiger partial charge is 0.410 e. The summed E-state index contributed by atoms with van der Waals surface area (Å²) < 4.78 is 5.47. The molecule has 200 valence electrons. The number of ether oxygens (including phenoxy) is 1. The lowest BCUT2D eigenvalue weighted by Gasteiger charge is -2.35. The van der Waals surface area contributed by atoms with Gasteiger partial charge in [-0.3, -0.25) is 4.79 Å². The van der Waals surface area contributed by atoms with Crippen LogP contribution in [0.15, 0.2) is 36.5 Å². The van der Waals surface area contributed by atoms with Crippen LogP contribution in [0.5, 0.6) is 0 Å². The molecule has 0 aliphatic carbocycles. The Hall–Kier alpha value is -3.99. The van der Waals surface area contributed by atoms with E-state index in [1.54, 1.807) is 30.0 Å². The minimum Gasteiger partial charge on any atom is -0.444 e. The molecule has 0 bridgehead atoms. The van der Waals surface area contributed by atoms with Gasteiger partial charge in [0.05, 0.1) is 16.3 Å². The number of nitrogens with zero attached hydrogens (tertiary/aromatic N) is 6. The number of piperazine rings is 1. The van der Waals surface area contributed by atoms with E-state index >= 15 is 0 Å². The molecular weight excluding hydrogens is 508 g/mol. The SMILES string of the molecule is Cc1nc(Nc2ccc(C(=O)Nc3c(C)cccc3Cl)cn2)nc(N2CCN(C(=O)OC(C)(C)C)CC2)n1. The molecule has 1 fully saturated rings. The van der Waals surface area contributed by atoms with E-state index in [-0.39, 0.29) is 12.0 Å². The summed E-state index contributed by atoms with van der Waals surface area (Å²) >= 11 is 6.22. The molecule has 12 heteroatoms. The molecule has 4 rings (SSSR count). The Bertz CT molecular complexity index is 1300. The number of anilines is 4. The fourth-order valence-electron chi connectivity index (χ4n) is 3.77. The predicted molar refractivity (Wildman–Crippen MR) is 146 cm³/mol. The van der Waals surface area contributed by atoms with Crippen molar-refractivity contribution < 1.29 is 14.3 Å². The Morgan fingerprint density at radius 3 is 2.37 bits per heavy atom. The number of carbonyl (C=O) groups excluding carboxylic acids is 2. The maximum Gasteiger partial charge on any atom is 0.410 e. The molecule has 2 aromatic heterocycles. The van der Waals surface area contributed by atoms with Crippen LogP contribution in [0.3, 0.4) is 0 Å². The quantitative estimate of drug-likeness (QED) is 0.479. The van der Waals surface area contributed by atoms with E-state index in [0.717, 1.165) is 5.56 Å². The molecule has 0 spiro atoms. The lowest BCUT2D eigenvalue weighted by Crippen LogP contribution is -2.50. The van der Waals surface area contributed by atoms with Crippen molar-refractivity contribution in [1.29, 1.82) is 0 Å². The van der Waals surface area contributed by atoms with E-state index < -0.39 is 5.60 Å². The van der Waals surface area contributed by atoms with Crippen molar-refractivity contribution in [2.24, 2.45) is 0 Å². The standard InChI is InChI=1S/C26H31ClN8O3/c1-16-7-6-8-19(27)21(16)32-22(36)18-9-10-20(28-15-18)31-23-29-17(2)30-24(33-23)34-11-13-35(14-12-34)25(37)38-26(3,4)5/h6-10,15H,11-14H2,1-5H3,(H,32,36)(H,28,29,30,31,33). The average Bonchev–Trinajstić information content (AvgIpc) is 2.85. The van der Waals surface area contributed by atoms with E-state index in [4.69, 9.17) is 16.3 Å². The average molecular weight is 539 g/mol. The molecule has 3 heterocycles. The lowest BCUT2D eigenvalue weighted by molar-refractivity contribution is 0.0240. The molecular formula is C26H31ClN8O3. The van der Waals surface area contributed by atoms with Crippen LogP contribution in [0, 0.1) is 13.8 Å². The Kier molecular flexibility index (Phi) is 7.96. The first-order valence-electron chi connectivity index (χ1n) is 12.2. The number of aryl methyl sites for hydroxylation is 2. The molecule has 1 saturated heterocycles. The number of aromatic nitrogens is 4. The molecule has 0 unspecified atom stereocenters. The second kappa shape index (κ2) is 11.2. The number of rotatable bonds is 5. The van der Waals surface area contributed by atoms with Crippen LogP contribution in [0.1, 0.15) is 42.5 Å². The summed E-state index contributed by atoms with van der Waals surface area (Å²) in [5.74, 6) is 1.54. The van der Waals surface area contributed by atoms with Gasteiger partial charge in [-0.15, -0.1) is 0 Å². The van der Waals surface area contributed by atoms with E-state index in [2.05, 4.69) is 30.6 Å². The van der Waals surface area contributed by atoms with Gasteiger partial charge < -0.3 is 25.2 Å². The van der Waals surface area contributed by atoms with Crippen molar-refractivity contribution in [3.63, 3.8) is 0 Å². The van der Waals surface area contributed by atoms with Gasteiger partial charge in [0.25, 0.3) is 5.91 Å². The molecule has 3 aromatic rings. The van der Waals surface area contributed by atoms with Crippen molar-refractivity contribution in [2.75, 3.05) is 41.7 Å². The summed E-state index contributed by atoms with van der Waals surface area (Å²) in [5.41, 5.74) is 1.28. The number of amides is 2. The monoisotopic (exact) mass is 538 g/mol. The number of hydrogen-bond donors (Lipinski definition) is 2. The lowest BCUT2D eigenvalue weighted by atomic mass is 10.2. The van der Waals surface area contributed by atoms with Gasteiger partial charge in [-0.2, -0.15) is 15.0 Å². The number of nitrogens with one attached hydrogen (secondary N) is 2. The zero-order valence-electron chi connectivity index (χ0n) is 22.1. The van der Waals surface area contributed by atoms with Gasteiger partial charge in [-0.1, -0.05) is 23.7 Å². The number of pyridine rings is 1. The summed E-state index contributed by atoms with van der Waals surface area (Å²) in [6, 6.07) is 8.75. The minimum absolute atomic E-state index is 0.316. The summed E-state index contributed by atoms with van der Waals surface area (Å²) in [7, 11) is 0. The highest BCUT2D eigenvalue weighted by atomic mass is 35.5. The second-order valence-electron chi connectivity index (χ2n) is 9.90. The predicted octanol–water partition coefficient (Wildman–Crippen LogP) is 4.59. The highest BCUT2D eigenvalue weighted by Crippen LogP contribution is 2.26. The van der Waals surface area contributed by atoms with Crippen LogP contribution in [0.2, 0.25) is 5.02 Å². The number of carbonyl (C=O) groups is 2. The van der Waals surface area contributed by atoms with Crippen LogP contribution in [-0.2, 0) is 4.74 Å². The van der Waals surface area contributed by atoms with E-state index in [1.165, 1.54) is 6.20 Å². The van der Waals surface area contributed by atoms with Gasteiger partial charge in [-0.05, 0) is 58.4 Å². The normalized spacial score (nSPS) is 13.7. The van der Waals surface area contributed by atoms with Gasteiger partial charge >= 0.3 is 6.09 Å². The molecule has 0 saturated carbocycles. The van der Waals surface area contributed by atoms with E-state index in [0.29, 0.717) is 66.0 Å². The van der Waals surface area contributed by atoms with Crippen LogP contribution in [0.4, 0.5) is 28.2 Å². The van der Waals surface area contributed by atoms with Crippen molar-refractivity contribution in [3.05, 3.63) is 58.5 Å². The highest BCUT2D eigenvalue weighted by Gasteiger charge is 2.27. The Morgan fingerprint density at radius 1 is 1.00 bits per heavy atom. The molecule has 2 amide bonds. The third-order valence-electron chi connectivity index (χ3n) is 5.68. The third kappa shape index (κ3) is 6.86.